The number of H-pyrrole nitrogens is 1. The summed E-state index contributed by atoms with van der Waals surface area (Å²) in [5.41, 5.74) is 1.87. The lowest BCUT2D eigenvalue weighted by Crippen LogP contribution is -2.25. The Balaban J connectivity index is 1.56. The summed E-state index contributed by atoms with van der Waals surface area (Å²) in [4.78, 5) is 26.2. The first-order valence-electron chi connectivity index (χ1n) is 8.51. The van der Waals surface area contributed by atoms with Crippen molar-refractivity contribution >= 4 is 27.3 Å². The maximum Gasteiger partial charge on any atom is 0.439 e. The molecule has 1 amide bonds. The molecule has 0 unspecified atom stereocenters. The summed E-state index contributed by atoms with van der Waals surface area (Å²) < 4.78 is 30.0. The van der Waals surface area contributed by atoms with Gasteiger partial charge in [-0.3, -0.25) is 18.6 Å². The van der Waals surface area contributed by atoms with Crippen molar-refractivity contribution in [3.05, 3.63) is 64.6 Å². The number of hydrogen-bond donors (Lipinski definition) is 2. The normalized spacial score (nSPS) is 15.5. The fourth-order valence-corrected chi connectivity index (χ4v) is 4.59. The zero-order valence-electron chi connectivity index (χ0n) is 14.6. The number of carbonyl (C=O) groups is 1. The third-order valence-electron chi connectivity index (χ3n) is 4.33. The minimum Gasteiger partial charge on any atom is -0.322 e. The molecule has 28 heavy (non-hydrogen) atoms. The second kappa shape index (κ2) is 6.97. The van der Waals surface area contributed by atoms with E-state index in [0.717, 1.165) is 0 Å². The van der Waals surface area contributed by atoms with E-state index >= 15 is 0 Å². The second-order valence-electron chi connectivity index (χ2n) is 6.27. The van der Waals surface area contributed by atoms with Crippen molar-refractivity contribution in [3.8, 4) is 11.4 Å². The number of anilines is 2. The number of nitrogens with zero attached hydrogens (tertiary/aromatic N) is 2. The SMILES string of the molecule is O=C(Nc1cccc(-c2noc(=O)[nH]2)c1)c1cccc(N2CCCS2(=O)=O)c1. The lowest BCUT2D eigenvalue weighted by Gasteiger charge is -2.17. The molecule has 0 saturated carbocycles. The van der Waals surface area contributed by atoms with Crippen LogP contribution < -0.4 is 15.4 Å². The first kappa shape index (κ1) is 18.0. The van der Waals surface area contributed by atoms with E-state index in [0.29, 0.717) is 35.5 Å². The Morgan fingerprint density at radius 1 is 1.18 bits per heavy atom. The van der Waals surface area contributed by atoms with Crippen LogP contribution in [0.5, 0.6) is 0 Å². The van der Waals surface area contributed by atoms with Crippen LogP contribution in [0.2, 0.25) is 0 Å². The van der Waals surface area contributed by atoms with E-state index < -0.39 is 15.8 Å². The van der Waals surface area contributed by atoms with Crippen molar-refractivity contribution in [1.29, 1.82) is 0 Å². The van der Waals surface area contributed by atoms with Crippen LogP contribution >= 0.6 is 0 Å². The number of hydrogen-bond acceptors (Lipinski definition) is 6. The Morgan fingerprint density at radius 3 is 2.71 bits per heavy atom. The first-order valence-corrected chi connectivity index (χ1v) is 10.1. The van der Waals surface area contributed by atoms with Crippen molar-refractivity contribution in [2.45, 2.75) is 6.42 Å². The van der Waals surface area contributed by atoms with Crippen LogP contribution in [0.25, 0.3) is 11.4 Å². The molecule has 0 radical (unpaired) electrons. The molecule has 1 aliphatic heterocycles. The quantitative estimate of drug-likeness (QED) is 0.688. The van der Waals surface area contributed by atoms with Gasteiger partial charge in [0.05, 0.1) is 11.4 Å². The fourth-order valence-electron chi connectivity index (χ4n) is 3.03. The summed E-state index contributed by atoms with van der Waals surface area (Å²) in [7, 11) is -3.32. The van der Waals surface area contributed by atoms with Crippen molar-refractivity contribution in [3.63, 3.8) is 0 Å². The highest BCUT2D eigenvalue weighted by Gasteiger charge is 2.28. The molecule has 0 spiro atoms. The number of aromatic amines is 1. The van der Waals surface area contributed by atoms with E-state index in [1.165, 1.54) is 4.31 Å². The van der Waals surface area contributed by atoms with E-state index in [-0.39, 0.29) is 17.5 Å². The molecule has 9 nitrogen and oxygen atoms in total. The summed E-state index contributed by atoms with van der Waals surface area (Å²) in [6.07, 6.45) is 0.565. The van der Waals surface area contributed by atoms with Crippen molar-refractivity contribution in [2.75, 3.05) is 21.9 Å². The molecule has 2 N–H and O–H groups in total. The number of sulfonamides is 1. The van der Waals surface area contributed by atoms with E-state index in [9.17, 15) is 18.0 Å². The molecule has 10 heteroatoms. The van der Waals surface area contributed by atoms with Gasteiger partial charge in [-0.25, -0.2) is 13.2 Å². The maximum absolute atomic E-state index is 12.6. The molecule has 0 atom stereocenters. The van der Waals surface area contributed by atoms with Gasteiger partial charge in [0.15, 0.2) is 5.82 Å². The van der Waals surface area contributed by atoms with Crippen LogP contribution in [0.15, 0.2) is 57.8 Å². The monoisotopic (exact) mass is 400 g/mol. The molecule has 1 saturated heterocycles. The topological polar surface area (TPSA) is 125 Å². The Morgan fingerprint density at radius 2 is 2.00 bits per heavy atom. The number of benzene rings is 2. The molecule has 1 fully saturated rings. The van der Waals surface area contributed by atoms with Gasteiger partial charge in [0, 0.05) is 23.4 Å². The minimum absolute atomic E-state index is 0.111. The molecular weight excluding hydrogens is 384 g/mol. The van der Waals surface area contributed by atoms with Gasteiger partial charge >= 0.3 is 5.76 Å². The van der Waals surface area contributed by atoms with E-state index in [1.807, 2.05) is 0 Å². The van der Waals surface area contributed by atoms with Gasteiger partial charge in [-0.1, -0.05) is 23.4 Å². The third kappa shape index (κ3) is 3.54. The Bertz CT molecular complexity index is 1200. The summed E-state index contributed by atoms with van der Waals surface area (Å²) in [5.74, 6) is -0.690. The van der Waals surface area contributed by atoms with Crippen molar-refractivity contribution in [2.24, 2.45) is 0 Å². The summed E-state index contributed by atoms with van der Waals surface area (Å²) >= 11 is 0. The fraction of sp³-hybridized carbons (Fsp3) is 0.167. The number of nitrogens with one attached hydrogen (secondary N) is 2. The second-order valence-corrected chi connectivity index (χ2v) is 8.28. The minimum atomic E-state index is -3.32. The Hall–Kier alpha value is -3.40. The van der Waals surface area contributed by atoms with Gasteiger partial charge in [0.2, 0.25) is 10.0 Å². The van der Waals surface area contributed by atoms with Gasteiger partial charge in [-0.15, -0.1) is 0 Å². The number of rotatable bonds is 4. The largest absolute Gasteiger partial charge is 0.439 e. The van der Waals surface area contributed by atoms with Crippen LogP contribution in [0, 0.1) is 0 Å². The van der Waals surface area contributed by atoms with Gasteiger partial charge in [0.1, 0.15) is 0 Å². The molecule has 2 aromatic carbocycles. The standard InChI is InChI=1S/C18H16N4O5S/c23-17(13-5-2-7-15(11-13)22-8-3-9-28(22,25)26)19-14-6-1-4-12(10-14)16-20-18(24)27-21-16/h1-2,4-7,10-11H,3,8-9H2,(H,19,23)(H,20,21,24). The average Bonchev–Trinajstić information content (AvgIpc) is 3.27. The highest BCUT2D eigenvalue weighted by atomic mass is 32.2. The van der Waals surface area contributed by atoms with Crippen LogP contribution in [0.1, 0.15) is 16.8 Å². The van der Waals surface area contributed by atoms with Crippen LogP contribution in [-0.4, -0.2) is 36.8 Å². The molecule has 2 heterocycles. The Labute approximate surface area is 160 Å². The molecule has 3 aromatic rings. The molecule has 1 aromatic heterocycles. The predicted octanol–water partition coefficient (Wildman–Crippen LogP) is 1.82. The highest BCUT2D eigenvalue weighted by Crippen LogP contribution is 2.25. The van der Waals surface area contributed by atoms with Crippen LogP contribution in [-0.2, 0) is 10.0 Å². The summed E-state index contributed by atoms with van der Waals surface area (Å²) in [6, 6.07) is 13.2. The lowest BCUT2D eigenvalue weighted by atomic mass is 10.1. The van der Waals surface area contributed by atoms with Gasteiger partial charge < -0.3 is 5.32 Å². The van der Waals surface area contributed by atoms with Gasteiger partial charge in [-0.2, -0.15) is 0 Å². The number of aromatic nitrogens is 2. The zero-order chi connectivity index (χ0) is 19.7. The number of amides is 1. The molecule has 4 rings (SSSR count). The summed E-state index contributed by atoms with van der Waals surface area (Å²) in [5, 5.41) is 6.37. The Kier molecular flexibility index (Phi) is 4.47. The van der Waals surface area contributed by atoms with E-state index in [4.69, 9.17) is 0 Å². The van der Waals surface area contributed by atoms with E-state index in [2.05, 4.69) is 20.0 Å². The predicted molar refractivity (Wildman–Crippen MR) is 103 cm³/mol. The molecule has 0 aliphatic carbocycles. The van der Waals surface area contributed by atoms with Crippen molar-refractivity contribution in [1.82, 2.24) is 10.1 Å². The third-order valence-corrected chi connectivity index (χ3v) is 6.20. The van der Waals surface area contributed by atoms with Gasteiger partial charge in [0.25, 0.3) is 5.91 Å². The highest BCUT2D eigenvalue weighted by molar-refractivity contribution is 7.93. The maximum atomic E-state index is 12.6. The zero-order valence-corrected chi connectivity index (χ0v) is 15.4. The number of carbonyl (C=O) groups excluding carboxylic acids is 1. The summed E-state index contributed by atoms with van der Waals surface area (Å²) in [6.45, 7) is 0.408. The van der Waals surface area contributed by atoms with Crippen molar-refractivity contribution < 1.29 is 17.7 Å². The average molecular weight is 400 g/mol. The van der Waals surface area contributed by atoms with E-state index in [1.54, 1.807) is 48.5 Å². The molecule has 144 valence electrons. The first-order chi connectivity index (χ1) is 13.4. The molecule has 1 aliphatic rings. The lowest BCUT2D eigenvalue weighted by molar-refractivity contribution is 0.102. The molecular formula is C18H16N4O5S. The van der Waals surface area contributed by atoms with Crippen LogP contribution in [0.3, 0.4) is 0 Å². The van der Waals surface area contributed by atoms with Gasteiger partial charge in [-0.05, 0) is 36.8 Å². The smallest absolute Gasteiger partial charge is 0.322 e. The van der Waals surface area contributed by atoms with Crippen LogP contribution in [0.4, 0.5) is 11.4 Å². The molecule has 0 bridgehead atoms.